The van der Waals surface area contributed by atoms with Crippen LogP contribution in [0.25, 0.3) is 0 Å². The summed E-state index contributed by atoms with van der Waals surface area (Å²) in [6.07, 6.45) is 0. The first-order chi connectivity index (χ1) is 7.30. The predicted octanol–water partition coefficient (Wildman–Crippen LogP) is 2.63. The van der Waals surface area contributed by atoms with Crippen LogP contribution in [-0.2, 0) is 0 Å². The van der Waals surface area contributed by atoms with Crippen molar-refractivity contribution in [3.05, 3.63) is 18.2 Å². The number of rotatable bonds is 3. The standard InChI is InChI=1S/C10H12N2OS2/c1-3-12-8-5-4-7(13-2)6-9(8)14-10(12)15-11/h4-6,10H,3H2,1-2H3. The Morgan fingerprint density at radius 2 is 2.40 bits per heavy atom. The van der Waals surface area contributed by atoms with Gasteiger partial charge >= 0.3 is 0 Å². The molecule has 1 unspecified atom stereocenters. The van der Waals surface area contributed by atoms with Crippen molar-refractivity contribution in [3.63, 3.8) is 0 Å². The summed E-state index contributed by atoms with van der Waals surface area (Å²) in [6.45, 7) is 2.98. The highest BCUT2D eigenvalue weighted by atomic mass is 32.2. The first-order valence-electron chi connectivity index (χ1n) is 4.71. The Balaban J connectivity index is 2.34. The second-order valence-electron chi connectivity index (χ2n) is 3.15. The molecule has 0 saturated heterocycles. The third-order valence-corrected chi connectivity index (χ3v) is 4.41. The quantitative estimate of drug-likeness (QED) is 0.761. The van der Waals surface area contributed by atoms with E-state index in [2.05, 4.69) is 11.8 Å². The van der Waals surface area contributed by atoms with Crippen LogP contribution in [0.1, 0.15) is 6.92 Å². The van der Waals surface area contributed by atoms with E-state index in [-0.39, 0.29) is 4.71 Å². The molecule has 0 aliphatic carbocycles. The number of fused-ring (bicyclic) bond motifs is 1. The van der Waals surface area contributed by atoms with Crippen molar-refractivity contribution in [1.29, 1.82) is 0 Å². The Kier molecular flexibility index (Phi) is 3.33. The molecule has 1 aliphatic heterocycles. The van der Waals surface area contributed by atoms with Crippen LogP contribution in [0.2, 0.25) is 0 Å². The minimum Gasteiger partial charge on any atom is -0.497 e. The van der Waals surface area contributed by atoms with E-state index in [4.69, 9.17) is 4.74 Å². The van der Waals surface area contributed by atoms with Crippen LogP contribution in [-0.4, -0.2) is 18.4 Å². The van der Waals surface area contributed by atoms with E-state index in [0.29, 0.717) is 0 Å². The predicted molar refractivity (Wildman–Crippen MR) is 65.4 cm³/mol. The molecule has 1 aromatic carbocycles. The molecule has 0 bridgehead atoms. The van der Waals surface area contributed by atoms with Gasteiger partial charge in [-0.3, -0.25) is 0 Å². The maximum atomic E-state index is 9.19. The van der Waals surface area contributed by atoms with E-state index in [9.17, 15) is 5.14 Å². The van der Waals surface area contributed by atoms with E-state index in [1.807, 2.05) is 18.2 Å². The first kappa shape index (κ1) is 11.0. The molecular formula is C10H12N2OS2. The Hall–Kier alpha value is -0.520. The molecule has 2 radical (unpaired) electrons. The minimum absolute atomic E-state index is 0.0668. The maximum Gasteiger partial charge on any atom is 0.144 e. The average molecular weight is 240 g/mol. The van der Waals surface area contributed by atoms with Crippen molar-refractivity contribution >= 4 is 29.4 Å². The van der Waals surface area contributed by atoms with Crippen molar-refractivity contribution in [2.75, 3.05) is 18.6 Å². The van der Waals surface area contributed by atoms with Crippen molar-refractivity contribution in [2.45, 2.75) is 16.5 Å². The van der Waals surface area contributed by atoms with Crippen molar-refractivity contribution < 1.29 is 4.74 Å². The Morgan fingerprint density at radius 3 is 3.00 bits per heavy atom. The molecule has 0 amide bonds. The van der Waals surface area contributed by atoms with Crippen molar-refractivity contribution in [1.82, 2.24) is 5.14 Å². The second kappa shape index (κ2) is 4.55. The number of ether oxygens (including phenoxy) is 1. The van der Waals surface area contributed by atoms with Gasteiger partial charge in [-0.25, -0.2) is 0 Å². The van der Waals surface area contributed by atoms with Gasteiger partial charge in [-0.15, -0.1) is 0 Å². The Morgan fingerprint density at radius 1 is 1.60 bits per heavy atom. The smallest absolute Gasteiger partial charge is 0.144 e. The summed E-state index contributed by atoms with van der Waals surface area (Å²) >= 11 is 2.54. The Bertz CT molecular complexity index is 359. The van der Waals surface area contributed by atoms with E-state index >= 15 is 0 Å². The zero-order valence-electron chi connectivity index (χ0n) is 8.64. The molecule has 0 N–H and O–H groups in total. The van der Waals surface area contributed by atoms with E-state index < -0.39 is 0 Å². The highest BCUT2D eigenvalue weighted by Gasteiger charge is 2.29. The van der Waals surface area contributed by atoms with Gasteiger partial charge in [-0.05, 0) is 37.1 Å². The summed E-state index contributed by atoms with van der Waals surface area (Å²) in [7, 11) is 1.66. The zero-order valence-corrected chi connectivity index (χ0v) is 10.3. The van der Waals surface area contributed by atoms with Gasteiger partial charge in [-0.1, -0.05) is 16.9 Å². The number of methoxy groups -OCH3 is 1. The summed E-state index contributed by atoms with van der Waals surface area (Å²) in [4.78, 5) is 3.34. The van der Waals surface area contributed by atoms with Crippen LogP contribution in [0.5, 0.6) is 5.75 Å². The monoisotopic (exact) mass is 240 g/mol. The SMILES string of the molecule is CCN1c2ccc(OC)cc2SC1S[N]. The molecule has 1 aromatic rings. The maximum absolute atomic E-state index is 9.19. The first-order valence-corrected chi connectivity index (χ1v) is 6.43. The van der Waals surface area contributed by atoms with Gasteiger partial charge < -0.3 is 9.64 Å². The molecule has 1 heterocycles. The lowest BCUT2D eigenvalue weighted by atomic mass is 10.3. The molecule has 0 aromatic heterocycles. The number of nitrogens with zero attached hydrogens (tertiary/aromatic N) is 2. The molecule has 2 rings (SSSR count). The van der Waals surface area contributed by atoms with Gasteiger partial charge in [0.05, 0.1) is 12.8 Å². The van der Waals surface area contributed by atoms with Crippen LogP contribution >= 0.6 is 23.7 Å². The van der Waals surface area contributed by atoms with Crippen LogP contribution < -0.4 is 14.8 Å². The molecule has 80 valence electrons. The summed E-state index contributed by atoms with van der Waals surface area (Å²) in [5, 5.41) is 9.19. The van der Waals surface area contributed by atoms with E-state index in [1.54, 1.807) is 18.9 Å². The zero-order chi connectivity index (χ0) is 10.8. The third-order valence-electron chi connectivity index (χ3n) is 2.39. The lowest BCUT2D eigenvalue weighted by molar-refractivity contribution is 0.414. The lowest BCUT2D eigenvalue weighted by Gasteiger charge is -2.21. The number of benzene rings is 1. The fourth-order valence-electron chi connectivity index (χ4n) is 1.64. The van der Waals surface area contributed by atoms with Crippen molar-refractivity contribution in [2.24, 2.45) is 0 Å². The third kappa shape index (κ3) is 1.91. The van der Waals surface area contributed by atoms with Crippen LogP contribution in [0.4, 0.5) is 5.69 Å². The molecular weight excluding hydrogens is 228 g/mol. The topological polar surface area (TPSA) is 34.8 Å². The van der Waals surface area contributed by atoms with Gasteiger partial charge in [0.15, 0.2) is 0 Å². The van der Waals surface area contributed by atoms with Crippen LogP contribution in [0.15, 0.2) is 23.1 Å². The molecule has 15 heavy (non-hydrogen) atoms. The molecule has 1 aliphatic rings. The molecule has 1 atom stereocenters. The summed E-state index contributed by atoms with van der Waals surface area (Å²) < 4.78 is 5.24. The van der Waals surface area contributed by atoms with Gasteiger partial charge in [0.1, 0.15) is 10.5 Å². The number of thioether (sulfide) groups is 1. The highest BCUT2D eigenvalue weighted by Crippen LogP contribution is 2.47. The number of hydrogen-bond acceptors (Lipinski definition) is 4. The molecule has 3 nitrogen and oxygen atoms in total. The molecule has 0 spiro atoms. The molecule has 0 saturated carbocycles. The van der Waals surface area contributed by atoms with Gasteiger partial charge in [0.2, 0.25) is 0 Å². The molecule has 5 heteroatoms. The van der Waals surface area contributed by atoms with Gasteiger partial charge in [0.25, 0.3) is 0 Å². The Labute approximate surface area is 98.5 Å². The largest absolute Gasteiger partial charge is 0.497 e. The highest BCUT2D eigenvalue weighted by molar-refractivity contribution is 8.16. The fraction of sp³-hybridized carbons (Fsp3) is 0.400. The second-order valence-corrected chi connectivity index (χ2v) is 5.23. The number of anilines is 1. The van der Waals surface area contributed by atoms with Crippen LogP contribution in [0, 0.1) is 0 Å². The number of hydrogen-bond donors (Lipinski definition) is 0. The normalized spacial score (nSPS) is 19.1. The van der Waals surface area contributed by atoms with Crippen molar-refractivity contribution in [3.8, 4) is 5.75 Å². The average Bonchev–Trinajstić information content (AvgIpc) is 2.65. The minimum atomic E-state index is 0.0668. The lowest BCUT2D eigenvalue weighted by Crippen LogP contribution is -2.26. The van der Waals surface area contributed by atoms with Crippen LogP contribution in [0.3, 0.4) is 0 Å². The summed E-state index contributed by atoms with van der Waals surface area (Å²) in [6, 6.07) is 6.01. The van der Waals surface area contributed by atoms with Gasteiger partial charge in [0, 0.05) is 11.4 Å². The van der Waals surface area contributed by atoms with E-state index in [0.717, 1.165) is 24.2 Å². The summed E-state index contributed by atoms with van der Waals surface area (Å²) in [5.41, 5.74) is 1.18. The van der Waals surface area contributed by atoms with Gasteiger partial charge in [-0.2, -0.15) is 0 Å². The fourth-order valence-corrected chi connectivity index (χ4v) is 3.59. The molecule has 0 fully saturated rings. The van der Waals surface area contributed by atoms with E-state index in [1.165, 1.54) is 10.6 Å². The summed E-state index contributed by atoms with van der Waals surface area (Å²) in [5.74, 6) is 0.862.